The van der Waals surface area contributed by atoms with Gasteiger partial charge in [0.25, 0.3) is 0 Å². The van der Waals surface area contributed by atoms with E-state index < -0.39 is 0 Å². The Bertz CT molecular complexity index is 887. The molecule has 3 aliphatic rings. The minimum atomic E-state index is 0.124. The molecule has 2 atom stereocenters. The van der Waals surface area contributed by atoms with Crippen LogP contribution in [0.1, 0.15) is 35.6 Å². The lowest BCUT2D eigenvalue weighted by Crippen LogP contribution is -2.40. The highest BCUT2D eigenvalue weighted by Crippen LogP contribution is 2.49. The smallest absolute Gasteiger partial charge is 0.231 e. The lowest BCUT2D eigenvalue weighted by atomic mass is 9.84. The highest BCUT2D eigenvalue weighted by atomic mass is 16.7. The summed E-state index contributed by atoms with van der Waals surface area (Å²) in [6.45, 7) is 1.38. The molecule has 0 bridgehead atoms. The average Bonchev–Trinajstić information content (AvgIpc) is 3.37. The molecule has 5 rings (SSSR count). The summed E-state index contributed by atoms with van der Waals surface area (Å²) < 4.78 is 28.1. The predicted molar refractivity (Wildman–Crippen MR) is 104 cm³/mol. The van der Waals surface area contributed by atoms with E-state index in [0.717, 1.165) is 30.0 Å². The fourth-order valence-electron chi connectivity index (χ4n) is 4.91. The Morgan fingerprint density at radius 1 is 0.929 bits per heavy atom. The van der Waals surface area contributed by atoms with Crippen LogP contribution in [0.2, 0.25) is 0 Å². The van der Waals surface area contributed by atoms with E-state index in [2.05, 4.69) is 29.2 Å². The molecule has 0 saturated carbocycles. The summed E-state index contributed by atoms with van der Waals surface area (Å²) in [5.41, 5.74) is 3.75. The van der Waals surface area contributed by atoms with Crippen LogP contribution in [0, 0.1) is 0 Å². The van der Waals surface area contributed by atoms with Crippen molar-refractivity contribution in [2.45, 2.75) is 31.3 Å². The van der Waals surface area contributed by atoms with Crippen LogP contribution in [0.25, 0.3) is 0 Å². The molecule has 2 aromatic rings. The standard InChI is InChI=1S/C22H25NO5/c1-24-19-9-14(10-20(25-2)22(19)26-3)21-16-11-18-17(27-12-28-18)8-13(16)7-15-5-4-6-23(15)21/h8-11,15,21H,4-7,12H2,1-3H3/t15-,21+/m0/s1. The van der Waals surface area contributed by atoms with Crippen LogP contribution in [0.3, 0.4) is 0 Å². The minimum Gasteiger partial charge on any atom is -0.493 e. The molecule has 2 aromatic carbocycles. The molecule has 0 aliphatic carbocycles. The molecular formula is C22H25NO5. The Balaban J connectivity index is 1.68. The van der Waals surface area contributed by atoms with Gasteiger partial charge in [-0.05, 0) is 66.8 Å². The Labute approximate surface area is 164 Å². The molecule has 148 valence electrons. The van der Waals surface area contributed by atoms with Gasteiger partial charge in [-0.3, -0.25) is 4.90 Å². The molecule has 3 heterocycles. The van der Waals surface area contributed by atoms with Crippen LogP contribution in [0.15, 0.2) is 24.3 Å². The Hall–Kier alpha value is -2.60. The van der Waals surface area contributed by atoms with E-state index in [-0.39, 0.29) is 6.04 Å². The first-order valence-corrected chi connectivity index (χ1v) is 9.71. The van der Waals surface area contributed by atoms with Crippen molar-refractivity contribution in [2.24, 2.45) is 0 Å². The van der Waals surface area contributed by atoms with Crippen LogP contribution in [-0.2, 0) is 6.42 Å². The first kappa shape index (κ1) is 17.5. The van der Waals surface area contributed by atoms with Crippen molar-refractivity contribution in [3.63, 3.8) is 0 Å². The van der Waals surface area contributed by atoms with Gasteiger partial charge < -0.3 is 23.7 Å². The average molecular weight is 383 g/mol. The first-order chi connectivity index (χ1) is 13.7. The lowest BCUT2D eigenvalue weighted by Gasteiger charge is -2.40. The molecular weight excluding hydrogens is 358 g/mol. The lowest BCUT2D eigenvalue weighted by molar-refractivity contribution is 0.173. The molecule has 1 fully saturated rings. The molecule has 6 heteroatoms. The van der Waals surface area contributed by atoms with Crippen LogP contribution in [0.5, 0.6) is 28.7 Å². The largest absolute Gasteiger partial charge is 0.493 e. The Kier molecular flexibility index (Phi) is 4.23. The quantitative estimate of drug-likeness (QED) is 0.805. The summed E-state index contributed by atoms with van der Waals surface area (Å²) in [6, 6.07) is 9.12. The maximum Gasteiger partial charge on any atom is 0.231 e. The van der Waals surface area contributed by atoms with Gasteiger partial charge in [0.15, 0.2) is 23.0 Å². The van der Waals surface area contributed by atoms with Gasteiger partial charge in [-0.2, -0.15) is 0 Å². The third-order valence-electron chi connectivity index (χ3n) is 6.14. The number of benzene rings is 2. The van der Waals surface area contributed by atoms with Gasteiger partial charge in [0.05, 0.1) is 27.4 Å². The van der Waals surface area contributed by atoms with Crippen LogP contribution >= 0.6 is 0 Å². The molecule has 0 unspecified atom stereocenters. The van der Waals surface area contributed by atoms with E-state index >= 15 is 0 Å². The molecule has 6 nitrogen and oxygen atoms in total. The monoisotopic (exact) mass is 383 g/mol. The van der Waals surface area contributed by atoms with Crippen LogP contribution in [0.4, 0.5) is 0 Å². The molecule has 0 amide bonds. The third kappa shape index (κ3) is 2.58. The third-order valence-corrected chi connectivity index (χ3v) is 6.14. The number of nitrogens with zero attached hydrogens (tertiary/aromatic N) is 1. The van der Waals surface area contributed by atoms with Crippen molar-refractivity contribution >= 4 is 0 Å². The molecule has 1 saturated heterocycles. The maximum absolute atomic E-state index is 5.68. The molecule has 0 spiro atoms. The van der Waals surface area contributed by atoms with Gasteiger partial charge in [0.2, 0.25) is 12.5 Å². The van der Waals surface area contributed by atoms with Crippen molar-refractivity contribution in [1.82, 2.24) is 4.90 Å². The van der Waals surface area contributed by atoms with Crippen LogP contribution in [-0.4, -0.2) is 45.6 Å². The summed E-state index contributed by atoms with van der Waals surface area (Å²) >= 11 is 0. The van der Waals surface area contributed by atoms with E-state index in [1.54, 1.807) is 21.3 Å². The highest BCUT2D eigenvalue weighted by molar-refractivity contribution is 5.58. The Morgan fingerprint density at radius 2 is 1.64 bits per heavy atom. The van der Waals surface area contributed by atoms with Crippen molar-refractivity contribution < 1.29 is 23.7 Å². The van der Waals surface area contributed by atoms with Crippen molar-refractivity contribution in [2.75, 3.05) is 34.7 Å². The number of rotatable bonds is 4. The van der Waals surface area contributed by atoms with Crippen molar-refractivity contribution in [3.05, 3.63) is 41.0 Å². The number of methoxy groups -OCH3 is 3. The number of fused-ring (bicyclic) bond motifs is 3. The SMILES string of the molecule is COc1cc([C@@H]2c3cc4c(cc3C[C@@H]3CCCN32)OCO4)cc(OC)c1OC. The van der Waals surface area contributed by atoms with Gasteiger partial charge in [-0.15, -0.1) is 0 Å². The first-order valence-electron chi connectivity index (χ1n) is 9.71. The van der Waals surface area contributed by atoms with Crippen molar-refractivity contribution in [3.8, 4) is 28.7 Å². The zero-order chi connectivity index (χ0) is 19.3. The summed E-state index contributed by atoms with van der Waals surface area (Å²) in [7, 11) is 4.95. The van der Waals surface area contributed by atoms with Gasteiger partial charge in [0, 0.05) is 6.04 Å². The molecule has 28 heavy (non-hydrogen) atoms. The number of ether oxygens (including phenoxy) is 5. The molecule has 3 aliphatic heterocycles. The zero-order valence-electron chi connectivity index (χ0n) is 16.5. The fraction of sp³-hybridized carbons (Fsp3) is 0.455. The summed E-state index contributed by atoms with van der Waals surface area (Å²) in [5, 5.41) is 0. The van der Waals surface area contributed by atoms with E-state index in [1.165, 1.54) is 24.0 Å². The molecule has 0 N–H and O–H groups in total. The summed E-state index contributed by atoms with van der Waals surface area (Å²) in [5.74, 6) is 3.66. The topological polar surface area (TPSA) is 49.4 Å². The van der Waals surface area contributed by atoms with E-state index in [0.29, 0.717) is 30.1 Å². The van der Waals surface area contributed by atoms with Gasteiger partial charge >= 0.3 is 0 Å². The van der Waals surface area contributed by atoms with Crippen molar-refractivity contribution in [1.29, 1.82) is 0 Å². The van der Waals surface area contributed by atoms with E-state index in [9.17, 15) is 0 Å². The fourth-order valence-corrected chi connectivity index (χ4v) is 4.91. The Morgan fingerprint density at radius 3 is 2.32 bits per heavy atom. The second-order valence-corrected chi connectivity index (χ2v) is 7.50. The van der Waals surface area contributed by atoms with E-state index in [1.807, 2.05) is 0 Å². The second kappa shape index (κ2) is 6.78. The molecule has 0 aromatic heterocycles. The van der Waals surface area contributed by atoms with Gasteiger partial charge in [-0.1, -0.05) is 0 Å². The van der Waals surface area contributed by atoms with E-state index in [4.69, 9.17) is 23.7 Å². The number of hydrogen-bond acceptors (Lipinski definition) is 6. The van der Waals surface area contributed by atoms with Crippen LogP contribution < -0.4 is 23.7 Å². The molecule has 0 radical (unpaired) electrons. The normalized spacial score (nSPS) is 22.5. The zero-order valence-corrected chi connectivity index (χ0v) is 16.5. The minimum absolute atomic E-state index is 0.124. The predicted octanol–water partition coefficient (Wildman–Crippen LogP) is 3.55. The second-order valence-electron chi connectivity index (χ2n) is 7.50. The highest BCUT2D eigenvalue weighted by Gasteiger charge is 2.39. The maximum atomic E-state index is 5.68. The summed E-state index contributed by atoms with van der Waals surface area (Å²) in [4.78, 5) is 2.60. The number of hydrogen-bond donors (Lipinski definition) is 0. The van der Waals surface area contributed by atoms with Gasteiger partial charge in [0.1, 0.15) is 0 Å². The summed E-state index contributed by atoms with van der Waals surface area (Å²) in [6.07, 6.45) is 3.48. The van der Waals surface area contributed by atoms with Gasteiger partial charge in [-0.25, -0.2) is 0 Å².